The highest BCUT2D eigenvalue weighted by atomic mass is 15.0. The van der Waals surface area contributed by atoms with Crippen LogP contribution in [0.15, 0.2) is 12.1 Å². The number of rotatable bonds is 2. The first-order valence-electron chi connectivity index (χ1n) is 3.51. The molecule has 1 rings (SSSR count). The topological polar surface area (TPSA) is 36.1 Å². The predicted molar refractivity (Wildman–Crippen MR) is 46.1 cm³/mol. The Hall–Kier alpha value is -0.185. The highest BCUT2D eigenvalue weighted by Crippen LogP contribution is 1.81. The molecule has 6 heteroatoms. The van der Waals surface area contributed by atoms with Gasteiger partial charge in [-0.05, 0) is 6.42 Å². The van der Waals surface area contributed by atoms with Crippen molar-refractivity contribution in [3.05, 3.63) is 12.1 Å². The van der Waals surface area contributed by atoms with Crippen molar-refractivity contribution < 1.29 is 0 Å². The van der Waals surface area contributed by atoms with Crippen molar-refractivity contribution in [2.24, 2.45) is 0 Å². The third-order valence-corrected chi connectivity index (χ3v) is 1.26. The first kappa shape index (κ1) is 7.92. The van der Waals surface area contributed by atoms with Gasteiger partial charge in [0.25, 0.3) is 15.1 Å². The monoisotopic (exact) mass is 133 g/mol. The van der Waals surface area contributed by atoms with Gasteiger partial charge in [-0.25, -0.2) is 0 Å². The zero-order valence-corrected chi connectivity index (χ0v) is 6.09. The smallest absolute Gasteiger partial charge is 0.311 e. The molecule has 3 nitrogen and oxygen atoms in total. The minimum absolute atomic E-state index is 0.251. The lowest BCUT2D eigenvalue weighted by atomic mass is 9.65. The first-order chi connectivity index (χ1) is 4.93. The van der Waals surface area contributed by atoms with Crippen LogP contribution in [0, 0.1) is 0 Å². The van der Waals surface area contributed by atoms with Crippen LogP contribution in [0.4, 0.5) is 0 Å². The molecule has 1 aliphatic rings. The summed E-state index contributed by atoms with van der Waals surface area (Å²) < 4.78 is 0. The number of nitrogens with one attached hydrogen (secondary N) is 3. The Balaban J connectivity index is 2.19. The minimum atomic E-state index is 0.251. The van der Waals surface area contributed by atoms with Crippen LogP contribution < -0.4 is 15.4 Å². The second kappa shape index (κ2) is 4.60. The van der Waals surface area contributed by atoms with Crippen LogP contribution >= 0.6 is 0 Å². The Labute approximate surface area is 63.7 Å². The molecule has 1 aliphatic heterocycles. The second-order valence-corrected chi connectivity index (χ2v) is 2.10. The van der Waals surface area contributed by atoms with Crippen molar-refractivity contribution in [3.63, 3.8) is 0 Å². The zero-order valence-electron chi connectivity index (χ0n) is 6.09. The van der Waals surface area contributed by atoms with Crippen molar-refractivity contribution in [1.82, 2.24) is 15.4 Å². The van der Waals surface area contributed by atoms with Crippen molar-refractivity contribution in [1.29, 1.82) is 0 Å². The molecule has 0 amide bonds. The van der Waals surface area contributed by atoms with E-state index in [0.717, 1.165) is 6.42 Å². The summed E-state index contributed by atoms with van der Waals surface area (Å²) in [6.07, 6.45) is 3.20. The highest BCUT2D eigenvalue weighted by molar-refractivity contribution is 6.77. The fraction of sp³-hybridized carbons (Fsp3) is 0.500. The molecule has 0 aromatic rings. The lowest BCUT2D eigenvalue weighted by molar-refractivity contribution is 1.21. The van der Waals surface area contributed by atoms with E-state index in [1.807, 2.05) is 0 Å². The quantitative estimate of drug-likeness (QED) is 0.415. The zero-order chi connectivity index (χ0) is 7.23. The summed E-state index contributed by atoms with van der Waals surface area (Å²) in [6.45, 7) is 2.37. The average molecular weight is 133 g/mol. The molecular formula is C4H10B3N3. The van der Waals surface area contributed by atoms with E-state index in [1.54, 1.807) is 15.1 Å². The van der Waals surface area contributed by atoms with Gasteiger partial charge in [0.1, 0.15) is 0 Å². The molecular weight excluding hydrogens is 123 g/mol. The van der Waals surface area contributed by atoms with Crippen LogP contribution in [0.3, 0.4) is 0 Å². The van der Waals surface area contributed by atoms with Gasteiger partial charge in [-0.3, -0.25) is 0 Å². The van der Waals surface area contributed by atoms with Gasteiger partial charge in [0.05, 0.1) is 0 Å². The molecule has 0 atom stereocenters. The molecule has 1 saturated heterocycles. The summed E-state index contributed by atoms with van der Waals surface area (Å²) in [4.78, 5) is 0. The maximum atomic E-state index is 3.09. The summed E-state index contributed by atoms with van der Waals surface area (Å²) in [5, 5.41) is 9.06. The van der Waals surface area contributed by atoms with Crippen molar-refractivity contribution in [2.45, 2.75) is 13.3 Å². The van der Waals surface area contributed by atoms with Gasteiger partial charge in [-0.2, -0.15) is 0 Å². The standard InChI is InChI=1S/C4H10B3N3/c1-2-3-4-7-9-5-8-6-10-7/h3-4,8-10H,2H2,1H3/b4-3+. The third kappa shape index (κ3) is 2.60. The van der Waals surface area contributed by atoms with E-state index in [2.05, 4.69) is 34.4 Å². The molecule has 0 bridgehead atoms. The number of hydrogen-bond donors (Lipinski definition) is 3. The van der Waals surface area contributed by atoms with E-state index in [0.29, 0.717) is 0 Å². The number of hydrogen-bond acceptors (Lipinski definition) is 3. The Morgan fingerprint density at radius 1 is 1.40 bits per heavy atom. The maximum Gasteiger partial charge on any atom is 0.311 e. The molecule has 0 aromatic carbocycles. The molecule has 0 aromatic heterocycles. The van der Waals surface area contributed by atoms with Crippen molar-refractivity contribution in [3.8, 4) is 0 Å². The molecule has 1 heterocycles. The second-order valence-electron chi connectivity index (χ2n) is 2.10. The molecule has 0 unspecified atom stereocenters. The molecule has 50 valence electrons. The Bertz CT molecular complexity index is 112. The molecule has 2 radical (unpaired) electrons. The summed E-state index contributed by atoms with van der Waals surface area (Å²) in [6, 6.07) is 0. The lowest BCUT2D eigenvalue weighted by Crippen LogP contribution is -2.62. The predicted octanol–water partition coefficient (Wildman–Crippen LogP) is -1.17. The van der Waals surface area contributed by atoms with Crippen LogP contribution in [0.2, 0.25) is 0 Å². The van der Waals surface area contributed by atoms with Gasteiger partial charge in [-0.15, -0.1) is 0 Å². The summed E-state index contributed by atoms with van der Waals surface area (Å²) in [5.41, 5.74) is 0. The normalized spacial score (nSPS) is 18.7. The van der Waals surface area contributed by atoms with Crippen LogP contribution in [-0.2, 0) is 0 Å². The van der Waals surface area contributed by atoms with E-state index in [-0.39, 0.29) is 6.98 Å². The van der Waals surface area contributed by atoms with Gasteiger partial charge in [0.15, 0.2) is 0 Å². The Morgan fingerprint density at radius 3 is 2.70 bits per heavy atom. The summed E-state index contributed by atoms with van der Waals surface area (Å²) in [7, 11) is 3.61. The van der Waals surface area contributed by atoms with E-state index >= 15 is 0 Å². The fourth-order valence-corrected chi connectivity index (χ4v) is 0.749. The van der Waals surface area contributed by atoms with E-state index in [9.17, 15) is 0 Å². The van der Waals surface area contributed by atoms with Gasteiger partial charge >= 0.3 is 6.98 Å². The summed E-state index contributed by atoms with van der Waals surface area (Å²) >= 11 is 0. The Morgan fingerprint density at radius 2 is 2.10 bits per heavy atom. The molecule has 0 spiro atoms. The summed E-state index contributed by atoms with van der Waals surface area (Å²) in [5.74, 6) is 2.09. The first-order valence-corrected chi connectivity index (χ1v) is 3.51. The SMILES string of the molecule is CC/C=C/B1N[B]N[B]N1. The Kier molecular flexibility index (Phi) is 3.64. The molecule has 0 saturated carbocycles. The maximum absolute atomic E-state index is 3.09. The molecule has 0 aliphatic carbocycles. The van der Waals surface area contributed by atoms with Crippen molar-refractivity contribution in [2.75, 3.05) is 0 Å². The van der Waals surface area contributed by atoms with Crippen LogP contribution in [-0.4, -0.2) is 22.1 Å². The third-order valence-electron chi connectivity index (χ3n) is 1.26. The van der Waals surface area contributed by atoms with Gasteiger partial charge in [0, 0.05) is 0 Å². The van der Waals surface area contributed by atoms with E-state index in [4.69, 9.17) is 0 Å². The average Bonchev–Trinajstić information content (AvgIpc) is 2.03. The number of allylic oxidation sites excluding steroid dienone is 1. The minimum Gasteiger partial charge on any atom is -0.379 e. The van der Waals surface area contributed by atoms with Gasteiger partial charge < -0.3 is 15.4 Å². The van der Waals surface area contributed by atoms with E-state index in [1.165, 1.54) is 0 Å². The van der Waals surface area contributed by atoms with Crippen molar-refractivity contribution >= 4 is 22.1 Å². The molecule has 1 fully saturated rings. The molecule has 10 heavy (non-hydrogen) atoms. The fourth-order valence-electron chi connectivity index (χ4n) is 0.749. The molecule has 3 N–H and O–H groups in total. The van der Waals surface area contributed by atoms with Gasteiger partial charge in [-0.1, -0.05) is 19.0 Å². The van der Waals surface area contributed by atoms with Gasteiger partial charge in [0.2, 0.25) is 0 Å². The largest absolute Gasteiger partial charge is 0.379 e. The van der Waals surface area contributed by atoms with E-state index < -0.39 is 0 Å². The van der Waals surface area contributed by atoms with Crippen LogP contribution in [0.5, 0.6) is 0 Å². The van der Waals surface area contributed by atoms with Crippen LogP contribution in [0.25, 0.3) is 0 Å². The lowest BCUT2D eigenvalue weighted by Gasteiger charge is -2.17. The van der Waals surface area contributed by atoms with Crippen LogP contribution in [0.1, 0.15) is 13.3 Å². The highest BCUT2D eigenvalue weighted by Gasteiger charge is 2.13.